The van der Waals surface area contributed by atoms with Gasteiger partial charge in [-0.3, -0.25) is 9.59 Å². The number of fused-ring (bicyclic) bond motifs is 1. The number of hydrogen-bond acceptors (Lipinski definition) is 2. The lowest BCUT2D eigenvalue weighted by Crippen LogP contribution is -2.29. The zero-order valence-corrected chi connectivity index (χ0v) is 15.2. The molecule has 0 aliphatic heterocycles. The molecule has 4 rings (SSSR count). The van der Waals surface area contributed by atoms with Crippen LogP contribution in [0.1, 0.15) is 50.6 Å². The Kier molecular flexibility index (Phi) is 4.97. The average molecular weight is 354 g/mol. The van der Waals surface area contributed by atoms with E-state index in [2.05, 4.69) is 0 Å². The van der Waals surface area contributed by atoms with Crippen molar-refractivity contribution in [2.45, 2.75) is 25.2 Å². The molecule has 3 aromatic rings. The summed E-state index contributed by atoms with van der Waals surface area (Å²) in [5.74, 6) is 0.0115. The van der Waals surface area contributed by atoms with Crippen LogP contribution >= 0.6 is 0 Å². The van der Waals surface area contributed by atoms with Crippen molar-refractivity contribution in [1.82, 2.24) is 0 Å². The second kappa shape index (κ2) is 7.71. The molecule has 0 amide bonds. The molecule has 1 aliphatic carbocycles. The molecular formula is C25H22O2. The minimum absolute atomic E-state index is 0.0936. The molecular weight excluding hydrogens is 332 g/mol. The van der Waals surface area contributed by atoms with Gasteiger partial charge in [-0.2, -0.15) is 0 Å². The summed E-state index contributed by atoms with van der Waals surface area (Å²) < 4.78 is 0. The fourth-order valence-electron chi connectivity index (χ4n) is 4.14. The molecule has 0 saturated heterocycles. The van der Waals surface area contributed by atoms with Gasteiger partial charge in [-0.15, -0.1) is 0 Å². The van der Waals surface area contributed by atoms with E-state index in [4.69, 9.17) is 0 Å². The topological polar surface area (TPSA) is 34.1 Å². The first-order valence-electron chi connectivity index (χ1n) is 9.49. The highest BCUT2D eigenvalue weighted by Gasteiger charge is 2.35. The van der Waals surface area contributed by atoms with Gasteiger partial charge in [0.25, 0.3) is 0 Å². The Labute approximate surface area is 159 Å². The highest BCUT2D eigenvalue weighted by molar-refractivity contribution is 6.02. The molecule has 0 aromatic heterocycles. The summed E-state index contributed by atoms with van der Waals surface area (Å²) >= 11 is 0. The van der Waals surface area contributed by atoms with Crippen molar-refractivity contribution in [2.24, 2.45) is 5.92 Å². The minimum Gasteiger partial charge on any atom is -0.294 e. The van der Waals surface area contributed by atoms with Crippen LogP contribution in [0, 0.1) is 5.92 Å². The zero-order valence-electron chi connectivity index (χ0n) is 15.2. The Morgan fingerprint density at radius 3 is 2.22 bits per heavy atom. The second-order valence-electron chi connectivity index (χ2n) is 7.18. The highest BCUT2D eigenvalue weighted by Crippen LogP contribution is 2.38. The van der Waals surface area contributed by atoms with Crippen LogP contribution in [-0.2, 0) is 6.42 Å². The molecule has 0 bridgehead atoms. The standard InChI is InChI=1S/C25H22O2/c26-24(20-12-5-2-6-13-20)17-23(18-9-3-1-4-10-18)22-16-15-19-11-7-8-14-21(19)25(22)27/h1-14,22-23H,15-17H2. The van der Waals surface area contributed by atoms with Crippen LogP contribution in [0.5, 0.6) is 0 Å². The van der Waals surface area contributed by atoms with Crippen molar-refractivity contribution in [3.05, 3.63) is 107 Å². The van der Waals surface area contributed by atoms with Crippen LogP contribution in [0.2, 0.25) is 0 Å². The summed E-state index contributed by atoms with van der Waals surface area (Å²) in [5.41, 5.74) is 3.73. The summed E-state index contributed by atoms with van der Waals surface area (Å²) in [7, 11) is 0. The lowest BCUT2D eigenvalue weighted by Gasteiger charge is -2.30. The average Bonchev–Trinajstić information content (AvgIpc) is 2.74. The van der Waals surface area contributed by atoms with E-state index < -0.39 is 0 Å². The van der Waals surface area contributed by atoms with Gasteiger partial charge >= 0.3 is 0 Å². The largest absolute Gasteiger partial charge is 0.294 e. The summed E-state index contributed by atoms with van der Waals surface area (Å²) in [6.07, 6.45) is 2.03. The normalized spacial score (nSPS) is 17.2. The van der Waals surface area contributed by atoms with Crippen LogP contribution in [0.4, 0.5) is 0 Å². The molecule has 2 unspecified atom stereocenters. The molecule has 0 N–H and O–H groups in total. The molecule has 0 spiro atoms. The highest BCUT2D eigenvalue weighted by atomic mass is 16.1. The Hall–Kier alpha value is -3.00. The first kappa shape index (κ1) is 17.4. The Bertz CT molecular complexity index is 944. The number of carbonyl (C=O) groups excluding carboxylic acids is 2. The number of aryl methyl sites for hydroxylation is 1. The van der Waals surface area contributed by atoms with Gasteiger partial charge in [-0.25, -0.2) is 0 Å². The zero-order chi connectivity index (χ0) is 18.6. The molecule has 1 aliphatic rings. The first-order chi connectivity index (χ1) is 13.2. The van der Waals surface area contributed by atoms with Gasteiger partial charge in [0.05, 0.1) is 0 Å². The summed E-state index contributed by atoms with van der Waals surface area (Å²) in [4.78, 5) is 26.2. The van der Waals surface area contributed by atoms with Gasteiger partial charge in [-0.1, -0.05) is 84.9 Å². The van der Waals surface area contributed by atoms with Gasteiger partial charge < -0.3 is 0 Å². The van der Waals surface area contributed by atoms with E-state index in [0.29, 0.717) is 12.0 Å². The van der Waals surface area contributed by atoms with Crippen molar-refractivity contribution in [3.63, 3.8) is 0 Å². The van der Waals surface area contributed by atoms with Gasteiger partial charge in [0.15, 0.2) is 11.6 Å². The number of rotatable bonds is 5. The number of Topliss-reactive ketones (excluding diaryl/α,β-unsaturated/α-hetero) is 2. The maximum Gasteiger partial charge on any atom is 0.166 e. The fraction of sp³-hybridized carbons (Fsp3) is 0.200. The third kappa shape index (κ3) is 3.61. The molecule has 2 heteroatoms. The minimum atomic E-state index is -0.157. The summed E-state index contributed by atoms with van der Waals surface area (Å²) in [6.45, 7) is 0. The predicted octanol–water partition coefficient (Wildman–Crippen LogP) is 5.49. The third-order valence-corrected chi connectivity index (χ3v) is 5.56. The molecule has 27 heavy (non-hydrogen) atoms. The van der Waals surface area contributed by atoms with Gasteiger partial charge in [0.1, 0.15) is 0 Å². The maximum atomic E-state index is 13.2. The van der Waals surface area contributed by atoms with Crippen molar-refractivity contribution in [2.75, 3.05) is 0 Å². The molecule has 0 radical (unpaired) electrons. The maximum absolute atomic E-state index is 13.2. The van der Waals surface area contributed by atoms with Crippen LogP contribution in [-0.4, -0.2) is 11.6 Å². The van der Waals surface area contributed by atoms with E-state index in [1.54, 1.807) is 0 Å². The monoisotopic (exact) mass is 354 g/mol. The molecule has 2 atom stereocenters. The third-order valence-electron chi connectivity index (χ3n) is 5.56. The van der Waals surface area contributed by atoms with Crippen LogP contribution < -0.4 is 0 Å². The van der Waals surface area contributed by atoms with E-state index >= 15 is 0 Å². The molecule has 134 valence electrons. The first-order valence-corrected chi connectivity index (χ1v) is 9.49. The van der Waals surface area contributed by atoms with Crippen molar-refractivity contribution in [1.29, 1.82) is 0 Å². The number of ketones is 2. The quantitative estimate of drug-likeness (QED) is 0.568. The number of carbonyl (C=O) groups is 2. The van der Waals surface area contributed by atoms with Gasteiger partial charge in [0.2, 0.25) is 0 Å². The number of hydrogen-bond donors (Lipinski definition) is 0. The van der Waals surface area contributed by atoms with E-state index in [9.17, 15) is 9.59 Å². The summed E-state index contributed by atoms with van der Waals surface area (Å²) in [6, 6.07) is 27.3. The predicted molar refractivity (Wildman–Crippen MR) is 107 cm³/mol. The van der Waals surface area contributed by atoms with Gasteiger partial charge in [-0.05, 0) is 24.0 Å². The molecule has 0 saturated carbocycles. The SMILES string of the molecule is O=C(CC(c1ccccc1)C1CCc2ccccc2C1=O)c1ccccc1. The number of benzene rings is 3. The van der Waals surface area contributed by atoms with E-state index in [1.807, 2.05) is 84.9 Å². The summed E-state index contributed by atoms with van der Waals surface area (Å²) in [5, 5.41) is 0. The van der Waals surface area contributed by atoms with Crippen molar-refractivity contribution in [3.8, 4) is 0 Å². The Morgan fingerprint density at radius 2 is 1.48 bits per heavy atom. The molecule has 0 heterocycles. The Morgan fingerprint density at radius 1 is 0.852 bits per heavy atom. The second-order valence-corrected chi connectivity index (χ2v) is 7.18. The van der Waals surface area contributed by atoms with E-state index in [1.165, 1.54) is 0 Å². The molecule has 2 nitrogen and oxygen atoms in total. The van der Waals surface area contributed by atoms with Crippen LogP contribution in [0.15, 0.2) is 84.9 Å². The van der Waals surface area contributed by atoms with Gasteiger partial charge in [0, 0.05) is 29.4 Å². The lowest BCUT2D eigenvalue weighted by atomic mass is 9.71. The van der Waals surface area contributed by atoms with E-state index in [-0.39, 0.29) is 23.4 Å². The van der Waals surface area contributed by atoms with Crippen molar-refractivity contribution < 1.29 is 9.59 Å². The molecule has 3 aromatic carbocycles. The smallest absolute Gasteiger partial charge is 0.166 e. The Balaban J connectivity index is 1.67. The fourth-order valence-corrected chi connectivity index (χ4v) is 4.14. The van der Waals surface area contributed by atoms with Crippen LogP contribution in [0.25, 0.3) is 0 Å². The molecule has 0 fully saturated rings. The van der Waals surface area contributed by atoms with E-state index in [0.717, 1.165) is 29.5 Å². The van der Waals surface area contributed by atoms with Crippen LogP contribution in [0.3, 0.4) is 0 Å². The lowest BCUT2D eigenvalue weighted by molar-refractivity contribution is 0.0857. The van der Waals surface area contributed by atoms with Crippen molar-refractivity contribution >= 4 is 11.6 Å².